The summed E-state index contributed by atoms with van der Waals surface area (Å²) in [7, 11) is 0. The molecule has 1 saturated heterocycles. The fraction of sp³-hybridized carbons (Fsp3) is 0.300. The van der Waals surface area contributed by atoms with E-state index >= 15 is 0 Å². The Bertz CT molecular complexity index is 799. The fourth-order valence-electron chi connectivity index (χ4n) is 3.50. The molecule has 1 aromatic heterocycles. The molecule has 2 aromatic carbocycles. The van der Waals surface area contributed by atoms with E-state index in [0.29, 0.717) is 6.04 Å². The molecule has 0 bridgehead atoms. The third kappa shape index (κ3) is 2.73. The van der Waals surface area contributed by atoms with Crippen molar-refractivity contribution >= 4 is 10.8 Å². The van der Waals surface area contributed by atoms with Gasteiger partial charge >= 0.3 is 0 Å². The Balaban J connectivity index is 1.67. The fourth-order valence-corrected chi connectivity index (χ4v) is 3.50. The van der Waals surface area contributed by atoms with E-state index in [1.54, 1.807) is 0 Å². The average molecular weight is 303 g/mol. The predicted molar refractivity (Wildman–Crippen MR) is 94.2 cm³/mol. The van der Waals surface area contributed by atoms with Crippen LogP contribution in [0.3, 0.4) is 0 Å². The van der Waals surface area contributed by atoms with Crippen molar-refractivity contribution in [2.75, 3.05) is 13.1 Å². The first-order chi connectivity index (χ1) is 11.3. The highest BCUT2D eigenvalue weighted by Crippen LogP contribution is 2.29. The van der Waals surface area contributed by atoms with Crippen LogP contribution in [-0.2, 0) is 0 Å². The molecule has 4 rings (SSSR count). The van der Waals surface area contributed by atoms with Crippen molar-refractivity contribution in [2.24, 2.45) is 0 Å². The monoisotopic (exact) mass is 303 g/mol. The summed E-state index contributed by atoms with van der Waals surface area (Å²) in [5.41, 5.74) is 3.47. The molecule has 2 heterocycles. The minimum absolute atomic E-state index is 0.491. The van der Waals surface area contributed by atoms with Crippen LogP contribution in [0.25, 0.3) is 22.0 Å². The number of aromatic nitrogens is 2. The van der Waals surface area contributed by atoms with Gasteiger partial charge < -0.3 is 0 Å². The summed E-state index contributed by atoms with van der Waals surface area (Å²) in [4.78, 5) is 2.56. The van der Waals surface area contributed by atoms with Crippen molar-refractivity contribution in [3.63, 3.8) is 0 Å². The summed E-state index contributed by atoms with van der Waals surface area (Å²) in [6.07, 6.45) is 4.48. The zero-order valence-electron chi connectivity index (χ0n) is 13.4. The second-order valence-electron chi connectivity index (χ2n) is 6.32. The van der Waals surface area contributed by atoms with E-state index in [4.69, 9.17) is 0 Å². The van der Waals surface area contributed by atoms with E-state index in [-0.39, 0.29) is 0 Å². The maximum Gasteiger partial charge on any atom is 0.101 e. The van der Waals surface area contributed by atoms with Gasteiger partial charge in [-0.25, -0.2) is 0 Å². The van der Waals surface area contributed by atoms with Gasteiger partial charge in [-0.1, -0.05) is 48.5 Å². The minimum atomic E-state index is 0.491. The van der Waals surface area contributed by atoms with Gasteiger partial charge in [-0.05, 0) is 38.4 Å². The van der Waals surface area contributed by atoms with E-state index in [9.17, 15) is 0 Å². The molecule has 1 unspecified atom stereocenters. The Morgan fingerprint density at radius 1 is 0.957 bits per heavy atom. The molecule has 23 heavy (non-hydrogen) atoms. The SMILES string of the molecule is CC(c1ccc(-c2nncc3ccccc23)cc1)N1CCCC1. The van der Waals surface area contributed by atoms with Crippen LogP contribution in [0.4, 0.5) is 0 Å². The smallest absolute Gasteiger partial charge is 0.101 e. The number of hydrogen-bond acceptors (Lipinski definition) is 3. The van der Waals surface area contributed by atoms with Crippen LogP contribution in [-0.4, -0.2) is 28.2 Å². The van der Waals surface area contributed by atoms with E-state index in [2.05, 4.69) is 64.5 Å². The Morgan fingerprint density at radius 2 is 1.70 bits per heavy atom. The maximum atomic E-state index is 4.37. The number of benzene rings is 2. The van der Waals surface area contributed by atoms with Crippen LogP contribution in [0.2, 0.25) is 0 Å². The van der Waals surface area contributed by atoms with Crippen LogP contribution in [0.1, 0.15) is 31.4 Å². The molecule has 1 aliphatic rings. The second-order valence-corrected chi connectivity index (χ2v) is 6.32. The highest BCUT2D eigenvalue weighted by molar-refractivity contribution is 5.93. The molecule has 1 fully saturated rings. The van der Waals surface area contributed by atoms with Crippen molar-refractivity contribution in [1.82, 2.24) is 15.1 Å². The molecule has 3 heteroatoms. The molecule has 1 aliphatic heterocycles. The number of likely N-dealkylation sites (tertiary alicyclic amines) is 1. The van der Waals surface area contributed by atoms with Crippen LogP contribution >= 0.6 is 0 Å². The molecule has 3 nitrogen and oxygen atoms in total. The molecule has 0 amide bonds. The van der Waals surface area contributed by atoms with Crippen molar-refractivity contribution in [3.05, 3.63) is 60.3 Å². The zero-order valence-corrected chi connectivity index (χ0v) is 13.4. The Kier molecular flexibility index (Phi) is 3.80. The molecule has 116 valence electrons. The summed E-state index contributed by atoms with van der Waals surface area (Å²) in [6.45, 7) is 4.74. The number of rotatable bonds is 3. The van der Waals surface area contributed by atoms with Gasteiger partial charge in [-0.2, -0.15) is 5.10 Å². The topological polar surface area (TPSA) is 29.0 Å². The van der Waals surface area contributed by atoms with Gasteiger partial charge in [0, 0.05) is 22.4 Å². The molecular weight excluding hydrogens is 282 g/mol. The summed E-state index contributed by atoms with van der Waals surface area (Å²) in [6, 6.07) is 17.6. The van der Waals surface area contributed by atoms with Crippen LogP contribution in [0, 0.1) is 0 Å². The summed E-state index contributed by atoms with van der Waals surface area (Å²) in [5, 5.41) is 10.8. The first-order valence-corrected chi connectivity index (χ1v) is 8.38. The van der Waals surface area contributed by atoms with Gasteiger partial charge in [-0.15, -0.1) is 5.10 Å². The second kappa shape index (κ2) is 6.09. The van der Waals surface area contributed by atoms with Gasteiger partial charge in [-0.3, -0.25) is 4.90 Å². The minimum Gasteiger partial charge on any atom is -0.297 e. The number of hydrogen-bond donors (Lipinski definition) is 0. The average Bonchev–Trinajstić information content (AvgIpc) is 3.15. The largest absolute Gasteiger partial charge is 0.297 e. The van der Waals surface area contributed by atoms with Crippen molar-refractivity contribution in [2.45, 2.75) is 25.8 Å². The van der Waals surface area contributed by atoms with Gasteiger partial charge in [0.2, 0.25) is 0 Å². The molecule has 0 radical (unpaired) electrons. The lowest BCUT2D eigenvalue weighted by atomic mass is 10.0. The maximum absolute atomic E-state index is 4.37. The molecule has 1 atom stereocenters. The highest BCUT2D eigenvalue weighted by atomic mass is 15.2. The van der Waals surface area contributed by atoms with E-state index < -0.39 is 0 Å². The van der Waals surface area contributed by atoms with Gasteiger partial charge in [0.05, 0.1) is 6.20 Å². The van der Waals surface area contributed by atoms with E-state index in [0.717, 1.165) is 22.0 Å². The first-order valence-electron chi connectivity index (χ1n) is 8.38. The highest BCUT2D eigenvalue weighted by Gasteiger charge is 2.19. The zero-order chi connectivity index (χ0) is 15.6. The quantitative estimate of drug-likeness (QED) is 0.715. The predicted octanol–water partition coefficient (Wildman–Crippen LogP) is 4.45. The van der Waals surface area contributed by atoms with Crippen LogP contribution in [0.5, 0.6) is 0 Å². The van der Waals surface area contributed by atoms with Gasteiger partial charge in [0.15, 0.2) is 0 Å². The van der Waals surface area contributed by atoms with Crippen molar-refractivity contribution < 1.29 is 0 Å². The Morgan fingerprint density at radius 3 is 2.48 bits per heavy atom. The lowest BCUT2D eigenvalue weighted by molar-refractivity contribution is 0.263. The molecular formula is C20H21N3. The summed E-state index contributed by atoms with van der Waals surface area (Å²) < 4.78 is 0. The van der Waals surface area contributed by atoms with Crippen molar-refractivity contribution in [3.8, 4) is 11.3 Å². The summed E-state index contributed by atoms with van der Waals surface area (Å²) in [5.74, 6) is 0. The lowest BCUT2D eigenvalue weighted by Crippen LogP contribution is -2.23. The molecule has 0 saturated carbocycles. The van der Waals surface area contributed by atoms with E-state index in [1.165, 1.54) is 31.5 Å². The third-order valence-electron chi connectivity index (χ3n) is 4.93. The molecule has 0 N–H and O–H groups in total. The number of fused-ring (bicyclic) bond motifs is 1. The van der Waals surface area contributed by atoms with Gasteiger partial charge in [0.1, 0.15) is 5.69 Å². The Labute approximate surface area is 137 Å². The lowest BCUT2D eigenvalue weighted by Gasteiger charge is -2.24. The Hall–Kier alpha value is -2.26. The van der Waals surface area contributed by atoms with Gasteiger partial charge in [0.25, 0.3) is 0 Å². The third-order valence-corrected chi connectivity index (χ3v) is 4.93. The first kappa shape index (κ1) is 14.3. The van der Waals surface area contributed by atoms with Crippen LogP contribution in [0.15, 0.2) is 54.7 Å². The molecule has 3 aromatic rings. The molecule has 0 aliphatic carbocycles. The standard InChI is InChI=1S/C20H21N3/c1-15(23-12-4-5-13-23)16-8-10-17(11-9-16)20-19-7-3-2-6-18(19)14-21-22-20/h2-3,6-11,14-15H,4-5,12-13H2,1H3. The normalized spacial score (nSPS) is 16.7. The molecule has 0 spiro atoms. The van der Waals surface area contributed by atoms with Crippen LogP contribution < -0.4 is 0 Å². The number of nitrogens with zero attached hydrogens (tertiary/aromatic N) is 3. The summed E-state index contributed by atoms with van der Waals surface area (Å²) >= 11 is 0. The van der Waals surface area contributed by atoms with E-state index in [1.807, 2.05) is 12.3 Å². The van der Waals surface area contributed by atoms with Crippen molar-refractivity contribution in [1.29, 1.82) is 0 Å².